The number of hydrogen-bond acceptors (Lipinski definition) is 6. The van der Waals surface area contributed by atoms with Gasteiger partial charge in [0.05, 0.1) is 17.8 Å². The number of halogens is 1. The van der Waals surface area contributed by atoms with Gasteiger partial charge in [-0.2, -0.15) is 5.10 Å². The quantitative estimate of drug-likeness (QED) is 0.370. The SMILES string of the molecule is O=C(Nc1ccc2nn(CCN3CCCC3)cc2c1)c1sc(-c2ccc(Cl)cc2)nc1CCO. The van der Waals surface area contributed by atoms with Crippen LogP contribution in [0.3, 0.4) is 0 Å². The summed E-state index contributed by atoms with van der Waals surface area (Å²) < 4.78 is 1.98. The van der Waals surface area contributed by atoms with Crippen molar-refractivity contribution < 1.29 is 9.90 Å². The number of thiazole rings is 1. The zero-order valence-electron chi connectivity index (χ0n) is 18.7. The number of carbonyl (C=O) groups excluding carboxylic acids is 1. The molecule has 3 heterocycles. The van der Waals surface area contributed by atoms with E-state index >= 15 is 0 Å². The normalized spacial score (nSPS) is 14.2. The highest BCUT2D eigenvalue weighted by molar-refractivity contribution is 7.17. The van der Waals surface area contributed by atoms with Gasteiger partial charge in [-0.05, 0) is 56.3 Å². The number of aromatic nitrogens is 3. The maximum Gasteiger partial charge on any atom is 0.267 e. The van der Waals surface area contributed by atoms with Gasteiger partial charge in [-0.1, -0.05) is 23.7 Å². The van der Waals surface area contributed by atoms with Crippen molar-refractivity contribution in [1.82, 2.24) is 19.7 Å². The molecule has 5 rings (SSSR count). The van der Waals surface area contributed by atoms with Crippen LogP contribution in [0.4, 0.5) is 5.69 Å². The molecule has 176 valence electrons. The summed E-state index contributed by atoms with van der Waals surface area (Å²) in [7, 11) is 0. The van der Waals surface area contributed by atoms with E-state index in [0.29, 0.717) is 27.7 Å². The van der Waals surface area contributed by atoms with Crippen molar-refractivity contribution in [1.29, 1.82) is 0 Å². The molecule has 2 N–H and O–H groups in total. The number of aliphatic hydroxyl groups is 1. The van der Waals surface area contributed by atoms with Crippen molar-refractivity contribution in [2.45, 2.75) is 25.8 Å². The van der Waals surface area contributed by atoms with Crippen molar-refractivity contribution in [2.24, 2.45) is 0 Å². The van der Waals surface area contributed by atoms with E-state index < -0.39 is 0 Å². The third-order valence-corrected chi connectivity index (χ3v) is 7.39. The van der Waals surface area contributed by atoms with Gasteiger partial charge in [0.15, 0.2) is 0 Å². The smallest absolute Gasteiger partial charge is 0.267 e. The minimum Gasteiger partial charge on any atom is -0.396 e. The fourth-order valence-electron chi connectivity index (χ4n) is 4.23. The summed E-state index contributed by atoms with van der Waals surface area (Å²) >= 11 is 7.31. The number of benzene rings is 2. The standard InChI is InChI=1S/C25H26ClN5O2S/c26-19-5-3-17(4-6-19)25-28-22(9-14-32)23(34-25)24(33)27-20-7-8-21-18(15-20)16-31(29-21)13-12-30-10-1-2-11-30/h3-8,15-16,32H,1-2,9-14H2,(H,27,33). The van der Waals surface area contributed by atoms with Gasteiger partial charge in [-0.3, -0.25) is 9.48 Å². The summed E-state index contributed by atoms with van der Waals surface area (Å²) in [4.78, 5) is 20.7. The molecule has 1 aliphatic rings. The van der Waals surface area contributed by atoms with Crippen molar-refractivity contribution in [2.75, 3.05) is 31.6 Å². The van der Waals surface area contributed by atoms with Gasteiger partial charge in [0.25, 0.3) is 5.91 Å². The Labute approximate surface area is 207 Å². The van der Waals surface area contributed by atoms with E-state index in [1.165, 1.54) is 37.3 Å². The Morgan fingerprint density at radius 1 is 1.12 bits per heavy atom. The summed E-state index contributed by atoms with van der Waals surface area (Å²) in [5.41, 5.74) is 3.08. The van der Waals surface area contributed by atoms with E-state index in [9.17, 15) is 9.90 Å². The Kier molecular flexibility index (Phi) is 6.92. The molecule has 1 fully saturated rings. The first-order valence-electron chi connectivity index (χ1n) is 11.5. The molecule has 1 aliphatic heterocycles. The second-order valence-corrected chi connectivity index (χ2v) is 9.88. The monoisotopic (exact) mass is 495 g/mol. The number of carbonyl (C=O) groups is 1. The number of aliphatic hydroxyl groups excluding tert-OH is 1. The van der Waals surface area contributed by atoms with E-state index in [4.69, 9.17) is 11.6 Å². The molecular weight excluding hydrogens is 470 g/mol. The van der Waals surface area contributed by atoms with E-state index in [-0.39, 0.29) is 12.5 Å². The predicted molar refractivity (Wildman–Crippen MR) is 137 cm³/mol. The van der Waals surface area contributed by atoms with Gasteiger partial charge in [0.2, 0.25) is 0 Å². The Hall–Kier alpha value is -2.78. The minimum atomic E-state index is -0.234. The molecule has 0 radical (unpaired) electrons. The molecule has 4 aromatic rings. The van der Waals surface area contributed by atoms with Crippen LogP contribution in [0, 0.1) is 0 Å². The lowest BCUT2D eigenvalue weighted by Crippen LogP contribution is -2.24. The third kappa shape index (κ3) is 5.15. The summed E-state index contributed by atoms with van der Waals surface area (Å²) in [6, 6.07) is 13.1. The lowest BCUT2D eigenvalue weighted by Gasteiger charge is -2.13. The average molecular weight is 496 g/mol. The molecule has 0 spiro atoms. The van der Waals surface area contributed by atoms with Crippen molar-refractivity contribution in [3.63, 3.8) is 0 Å². The van der Waals surface area contributed by atoms with Crippen LogP contribution in [0.5, 0.6) is 0 Å². The highest BCUT2D eigenvalue weighted by Crippen LogP contribution is 2.30. The summed E-state index contributed by atoms with van der Waals surface area (Å²) in [5.74, 6) is -0.234. The minimum absolute atomic E-state index is 0.0767. The molecule has 9 heteroatoms. The van der Waals surface area contributed by atoms with Gasteiger partial charge in [-0.15, -0.1) is 11.3 Å². The molecule has 7 nitrogen and oxygen atoms in total. The first-order chi connectivity index (χ1) is 16.6. The maximum atomic E-state index is 13.1. The molecule has 1 amide bonds. The molecule has 0 unspecified atom stereocenters. The third-order valence-electron chi connectivity index (χ3n) is 6.00. The second kappa shape index (κ2) is 10.2. The molecule has 1 saturated heterocycles. The zero-order valence-corrected chi connectivity index (χ0v) is 20.3. The van der Waals surface area contributed by atoms with Gasteiger partial charge >= 0.3 is 0 Å². The van der Waals surface area contributed by atoms with Crippen LogP contribution in [-0.2, 0) is 13.0 Å². The van der Waals surface area contributed by atoms with Crippen LogP contribution in [-0.4, -0.2) is 56.9 Å². The number of nitrogens with zero attached hydrogens (tertiary/aromatic N) is 4. The van der Waals surface area contributed by atoms with Crippen molar-refractivity contribution in [3.8, 4) is 10.6 Å². The molecule has 0 bridgehead atoms. The van der Waals surface area contributed by atoms with Crippen LogP contribution < -0.4 is 5.32 Å². The fourth-order valence-corrected chi connectivity index (χ4v) is 5.37. The fraction of sp³-hybridized carbons (Fsp3) is 0.320. The van der Waals surface area contributed by atoms with Crippen LogP contribution >= 0.6 is 22.9 Å². The number of hydrogen-bond donors (Lipinski definition) is 2. The van der Waals surface area contributed by atoms with Gasteiger partial charge in [0, 0.05) is 47.4 Å². The predicted octanol–water partition coefficient (Wildman–Crippen LogP) is 4.70. The maximum absolute atomic E-state index is 13.1. The van der Waals surface area contributed by atoms with E-state index in [0.717, 1.165) is 34.6 Å². The number of likely N-dealkylation sites (tertiary alicyclic amines) is 1. The number of amides is 1. The largest absolute Gasteiger partial charge is 0.396 e. The molecule has 0 saturated carbocycles. The van der Waals surface area contributed by atoms with Crippen molar-refractivity contribution in [3.05, 3.63) is 64.3 Å². The summed E-state index contributed by atoms with van der Waals surface area (Å²) in [6.45, 7) is 4.13. The van der Waals surface area contributed by atoms with Crippen LogP contribution in [0.1, 0.15) is 28.2 Å². The molecule has 34 heavy (non-hydrogen) atoms. The number of anilines is 1. The van der Waals surface area contributed by atoms with Crippen LogP contribution in [0.25, 0.3) is 21.5 Å². The number of nitrogens with one attached hydrogen (secondary N) is 1. The highest BCUT2D eigenvalue weighted by Gasteiger charge is 2.19. The van der Waals surface area contributed by atoms with Crippen LogP contribution in [0.15, 0.2) is 48.7 Å². The van der Waals surface area contributed by atoms with E-state index in [2.05, 4.69) is 20.3 Å². The first-order valence-corrected chi connectivity index (χ1v) is 12.7. The van der Waals surface area contributed by atoms with E-state index in [1.54, 1.807) is 12.1 Å². The summed E-state index contributed by atoms with van der Waals surface area (Å²) in [5, 5.41) is 19.5. The average Bonchev–Trinajstić information content (AvgIpc) is 3.58. The topological polar surface area (TPSA) is 83.3 Å². The Morgan fingerprint density at radius 2 is 1.91 bits per heavy atom. The highest BCUT2D eigenvalue weighted by atomic mass is 35.5. The summed E-state index contributed by atoms with van der Waals surface area (Å²) in [6.07, 6.45) is 4.91. The van der Waals surface area contributed by atoms with Gasteiger partial charge in [-0.25, -0.2) is 4.98 Å². The van der Waals surface area contributed by atoms with Crippen molar-refractivity contribution >= 4 is 45.4 Å². The Bertz CT molecular complexity index is 1290. The molecule has 2 aromatic carbocycles. The number of rotatable bonds is 8. The van der Waals surface area contributed by atoms with Crippen LogP contribution in [0.2, 0.25) is 5.02 Å². The lowest BCUT2D eigenvalue weighted by atomic mass is 10.2. The van der Waals surface area contributed by atoms with Gasteiger partial charge < -0.3 is 15.3 Å². The lowest BCUT2D eigenvalue weighted by molar-refractivity contribution is 0.102. The zero-order chi connectivity index (χ0) is 23.5. The molecule has 0 atom stereocenters. The van der Waals surface area contributed by atoms with E-state index in [1.807, 2.05) is 41.2 Å². The Morgan fingerprint density at radius 3 is 2.68 bits per heavy atom. The molecule has 0 aliphatic carbocycles. The first kappa shape index (κ1) is 23.0. The number of fused-ring (bicyclic) bond motifs is 1. The Balaban J connectivity index is 1.32. The molecule has 2 aromatic heterocycles. The second-order valence-electron chi connectivity index (χ2n) is 8.44. The molecular formula is C25H26ClN5O2S. The van der Waals surface area contributed by atoms with Gasteiger partial charge in [0.1, 0.15) is 9.88 Å².